The highest BCUT2D eigenvalue weighted by Gasteiger charge is 2.54. The first-order chi connectivity index (χ1) is 24.0. The molecule has 1 unspecified atom stereocenters. The molecule has 2 aromatic heterocycles. The second-order valence-electron chi connectivity index (χ2n) is 10.8. The highest BCUT2D eigenvalue weighted by Crippen LogP contribution is 2.43. The van der Waals surface area contributed by atoms with Gasteiger partial charge >= 0.3 is 18.1 Å². The van der Waals surface area contributed by atoms with Crippen molar-refractivity contribution in [3.05, 3.63) is 39.2 Å². The van der Waals surface area contributed by atoms with Crippen molar-refractivity contribution in [2.75, 3.05) is 17.2 Å². The molecule has 51 heavy (non-hydrogen) atoms. The molecule has 2 atom stereocenters. The number of carboxylic acids is 2. The van der Waals surface area contributed by atoms with Crippen LogP contribution in [0.25, 0.3) is 5.69 Å². The molecule has 1 saturated heterocycles. The number of aromatic nitrogens is 5. The molecule has 21 nitrogen and oxygen atoms in total. The number of thioether (sulfide) groups is 2. The van der Waals surface area contributed by atoms with E-state index in [1.807, 2.05) is 0 Å². The average molecular weight is 786 g/mol. The minimum atomic E-state index is -1.83. The number of halogens is 1. The van der Waals surface area contributed by atoms with Gasteiger partial charge < -0.3 is 46.2 Å². The summed E-state index contributed by atoms with van der Waals surface area (Å²) in [6.07, 6.45) is -2.40. The fraction of sp³-hybridized carbons (Fsp3) is 0.308. The zero-order chi connectivity index (χ0) is 37.4. The van der Waals surface area contributed by atoms with Crippen LogP contribution in [0.3, 0.4) is 0 Å². The number of β-lactam (4-membered cyclic amide) rings is 1. The fourth-order valence-electron chi connectivity index (χ4n) is 4.45. The average Bonchev–Trinajstić information content (AvgIpc) is 3.71. The van der Waals surface area contributed by atoms with Crippen LogP contribution in [0.5, 0.6) is 11.5 Å². The minimum absolute atomic E-state index is 0.0277. The Balaban J connectivity index is 1.37. The van der Waals surface area contributed by atoms with Gasteiger partial charge in [-0.1, -0.05) is 28.5 Å². The minimum Gasteiger partial charge on any atom is -0.504 e. The summed E-state index contributed by atoms with van der Waals surface area (Å²) < 4.78 is 6.07. The molecule has 0 saturated carbocycles. The van der Waals surface area contributed by atoms with Gasteiger partial charge in [0, 0.05) is 34.1 Å². The number of thiazole rings is 1. The van der Waals surface area contributed by atoms with Gasteiger partial charge in [0.15, 0.2) is 22.3 Å². The summed E-state index contributed by atoms with van der Waals surface area (Å²) in [5, 5.41) is 66.2. The lowest BCUT2D eigenvalue weighted by Gasteiger charge is -2.49. The van der Waals surface area contributed by atoms with Crippen molar-refractivity contribution in [3.63, 3.8) is 0 Å². The van der Waals surface area contributed by atoms with Gasteiger partial charge in [0.2, 0.25) is 16.6 Å². The highest BCUT2D eigenvalue weighted by molar-refractivity contribution is 8.01. The van der Waals surface area contributed by atoms with Gasteiger partial charge in [0.25, 0.3) is 11.8 Å². The van der Waals surface area contributed by atoms with Crippen molar-refractivity contribution in [2.45, 2.75) is 42.4 Å². The van der Waals surface area contributed by atoms with Crippen LogP contribution in [-0.4, -0.2) is 120 Å². The number of aliphatic carboxylic acids is 2. The van der Waals surface area contributed by atoms with E-state index in [1.165, 1.54) is 19.2 Å². The number of anilines is 1. The molecule has 0 radical (unpaired) electrons. The molecule has 2 amide bonds. The van der Waals surface area contributed by atoms with Gasteiger partial charge in [0.1, 0.15) is 17.1 Å². The van der Waals surface area contributed by atoms with Crippen LogP contribution in [0.4, 0.5) is 9.93 Å². The van der Waals surface area contributed by atoms with Crippen molar-refractivity contribution in [3.8, 4) is 17.2 Å². The topological polar surface area (TPSA) is 315 Å². The number of phenols is 2. The summed E-state index contributed by atoms with van der Waals surface area (Å²) in [5.41, 5.74) is 3.48. The third-order valence-electron chi connectivity index (χ3n) is 6.99. The Morgan fingerprint density at radius 1 is 1.24 bits per heavy atom. The van der Waals surface area contributed by atoms with E-state index < -0.39 is 75.6 Å². The highest BCUT2D eigenvalue weighted by atomic mass is 35.5. The van der Waals surface area contributed by atoms with Crippen LogP contribution in [-0.2, 0) is 35.2 Å². The van der Waals surface area contributed by atoms with Crippen molar-refractivity contribution in [1.82, 2.24) is 35.4 Å². The van der Waals surface area contributed by atoms with E-state index in [9.17, 15) is 49.5 Å². The van der Waals surface area contributed by atoms with Gasteiger partial charge in [-0.15, -0.1) is 28.2 Å². The number of carbonyl (C=O) groups excluding carboxylic acids is 2. The van der Waals surface area contributed by atoms with E-state index in [-0.39, 0.29) is 44.6 Å². The summed E-state index contributed by atoms with van der Waals surface area (Å²) >= 11 is 9.18. The molecule has 270 valence electrons. The summed E-state index contributed by atoms with van der Waals surface area (Å²) in [6, 6.07) is -0.185. The number of amides is 2. The van der Waals surface area contributed by atoms with Crippen molar-refractivity contribution in [1.29, 1.82) is 0 Å². The van der Waals surface area contributed by atoms with Gasteiger partial charge in [0.05, 0.1) is 17.1 Å². The molecule has 0 aliphatic carbocycles. The molecule has 0 bridgehead atoms. The summed E-state index contributed by atoms with van der Waals surface area (Å²) in [7, 11) is 0. The van der Waals surface area contributed by atoms with E-state index in [2.05, 4.69) is 31.0 Å². The second-order valence-corrected chi connectivity index (χ2v) is 14.2. The maximum absolute atomic E-state index is 13.4. The number of phenolic OH excluding ortho intramolecular Hbond substituents is 2. The second kappa shape index (κ2) is 14.5. The smallest absolute Gasteiger partial charge is 0.504 e. The van der Waals surface area contributed by atoms with Crippen LogP contribution >= 0.6 is 46.5 Å². The van der Waals surface area contributed by atoms with E-state index >= 15 is 0 Å². The zero-order valence-corrected chi connectivity index (χ0v) is 29.0. The third-order valence-corrected chi connectivity index (χ3v) is 10.4. The van der Waals surface area contributed by atoms with Crippen molar-refractivity contribution in [2.24, 2.45) is 5.16 Å². The lowest BCUT2D eigenvalue weighted by atomic mass is 10.1. The Labute approximate surface area is 302 Å². The first-order valence-electron chi connectivity index (χ1n) is 14.0. The molecule has 0 spiro atoms. The number of ether oxygens (including phenoxy) is 1. The summed E-state index contributed by atoms with van der Waals surface area (Å²) in [6.45, 7) is 2.40. The van der Waals surface area contributed by atoms with Crippen LogP contribution in [0.2, 0.25) is 5.02 Å². The molecule has 1 aromatic carbocycles. The number of tetrazole rings is 1. The van der Waals surface area contributed by atoms with Gasteiger partial charge in [-0.2, -0.15) is 4.68 Å². The Kier molecular flexibility index (Phi) is 10.5. The van der Waals surface area contributed by atoms with E-state index in [1.54, 1.807) is 0 Å². The number of nitrogens with one attached hydrogen (secondary N) is 1. The first-order valence-corrected chi connectivity index (χ1v) is 17.2. The standard InChI is InChI=1S/C26H24ClN9O12S3/c1-26(2,22(43)44)48-32-15(10-7-50-23(28)29-10)18(41)30-16-19(42)35-20(47-25(45)46)8(5-49-21(16)35)6-51-24-31-33-34-36(24)11-4-12(37)17(40)14(27)9(11)3-13(38)39/h4,7,16,21,37,40H,3,5-6H2,1-2H3,(H2,28,29)(H,30,41)(H,38,39)(H,43,44)(H,45,46)/b32-15-/t16?,21-/m0/s1. The summed E-state index contributed by atoms with van der Waals surface area (Å²) in [4.78, 5) is 71.6. The number of nitrogens with zero attached hydrogens (tertiary/aromatic N) is 7. The number of benzene rings is 1. The zero-order valence-electron chi connectivity index (χ0n) is 25.8. The van der Waals surface area contributed by atoms with Crippen molar-refractivity contribution >= 4 is 87.2 Å². The van der Waals surface area contributed by atoms with Gasteiger partial charge in [-0.25, -0.2) is 14.6 Å². The molecule has 8 N–H and O–H groups in total. The fourth-order valence-corrected chi connectivity index (χ4v) is 7.59. The molecular weight excluding hydrogens is 762 g/mol. The molecular formula is C26H24ClN9O12S3. The monoisotopic (exact) mass is 785 g/mol. The third kappa shape index (κ3) is 7.57. The lowest BCUT2D eigenvalue weighted by molar-refractivity contribution is -0.161. The van der Waals surface area contributed by atoms with Crippen LogP contribution < -0.4 is 11.1 Å². The molecule has 1 fully saturated rings. The Hall–Kier alpha value is -5.33. The van der Waals surface area contributed by atoms with E-state index in [0.717, 1.165) is 50.5 Å². The Bertz CT molecular complexity index is 2020. The van der Waals surface area contributed by atoms with E-state index in [4.69, 9.17) is 26.9 Å². The molecule has 2 aliphatic rings. The maximum atomic E-state index is 13.4. The predicted octanol–water partition coefficient (Wildman–Crippen LogP) is 1.07. The number of fused-ring (bicyclic) bond motifs is 1. The quantitative estimate of drug-likeness (QED) is 0.0318. The number of nitrogens with two attached hydrogens (primary N) is 1. The number of aromatic hydroxyl groups is 2. The number of hydrogen-bond donors (Lipinski definition) is 7. The van der Waals surface area contributed by atoms with Crippen LogP contribution in [0.15, 0.2) is 33.2 Å². The predicted molar refractivity (Wildman–Crippen MR) is 177 cm³/mol. The van der Waals surface area contributed by atoms with Crippen molar-refractivity contribution < 1.29 is 59.1 Å². The normalized spacial score (nSPS) is 17.4. The van der Waals surface area contributed by atoms with Crippen LogP contribution in [0.1, 0.15) is 25.1 Å². The molecule has 2 aliphatic heterocycles. The largest absolute Gasteiger partial charge is 0.512 e. The number of carbonyl (C=O) groups is 5. The Morgan fingerprint density at radius 2 is 1.96 bits per heavy atom. The first kappa shape index (κ1) is 36.9. The SMILES string of the molecule is CC(C)(O/N=C(\C(=O)NC1C(=O)N2C(OC(=O)O)=C(CSc3nnnn3-c3cc(O)c(O)c(Cl)c3CC(=O)O)CS[C@@H]12)c1csc(N)n1)C(=O)O. The Morgan fingerprint density at radius 3 is 2.59 bits per heavy atom. The number of rotatable bonds is 13. The van der Waals surface area contributed by atoms with E-state index in [0.29, 0.717) is 5.57 Å². The molecule has 3 aromatic rings. The molecule has 4 heterocycles. The molecule has 25 heteroatoms. The summed E-state index contributed by atoms with van der Waals surface area (Å²) in [5.74, 6) is -6.09. The maximum Gasteiger partial charge on any atom is 0.512 e. The lowest BCUT2D eigenvalue weighted by Crippen LogP contribution is -2.70. The van der Waals surface area contributed by atoms with Crippen LogP contribution in [0, 0.1) is 0 Å². The molecule has 5 rings (SSSR count). The number of carboxylic acid groups (broad SMARTS) is 3. The number of oxime groups is 1. The van der Waals surface area contributed by atoms with Gasteiger partial charge in [-0.05, 0) is 24.3 Å². The number of nitrogen functional groups attached to an aromatic ring is 1. The van der Waals surface area contributed by atoms with Gasteiger partial charge in [-0.3, -0.25) is 19.3 Å². The number of hydrogen-bond acceptors (Lipinski definition) is 18.